The van der Waals surface area contributed by atoms with Crippen LogP contribution < -0.4 is 23.7 Å². The van der Waals surface area contributed by atoms with Crippen LogP contribution in [0.1, 0.15) is 76.5 Å². The molecule has 0 aliphatic carbocycles. The molecule has 2 aromatic rings. The van der Waals surface area contributed by atoms with Gasteiger partial charge in [0.2, 0.25) is 6.29 Å². The van der Waals surface area contributed by atoms with E-state index >= 15 is 0 Å². The molecule has 0 amide bonds. The number of rotatable bonds is 16. The lowest BCUT2D eigenvalue weighted by Crippen LogP contribution is -2.61. The molecule has 0 bridgehead atoms. The van der Waals surface area contributed by atoms with Gasteiger partial charge in [-0.25, -0.2) is 4.79 Å². The second-order valence-electron chi connectivity index (χ2n) is 11.4. The molecular formula is C33H46O12. The standard InChI is InChI=1S/C33H46O12/c1-4-7-12-40-20-16-24(41-13-8-5-2)21-18-22(34)30(43-25(21)17-20)19-10-11-23(26(15-19)42-14-9-6-3)44-33-29(37)27(35)28(36)31(45-33)32(38)39/h10-11,15-17,22,27-31,33-37H,4-9,12-14,18H2,1-3H3,(H,38,39)/t22-,27-,28-,29?,30+,31?,33+/m0/s1. The highest BCUT2D eigenvalue weighted by Gasteiger charge is 2.48. The van der Waals surface area contributed by atoms with Crippen molar-refractivity contribution < 1.29 is 58.7 Å². The Labute approximate surface area is 263 Å². The molecule has 2 unspecified atom stereocenters. The molecule has 0 spiro atoms. The zero-order valence-electron chi connectivity index (χ0n) is 26.1. The normalized spacial score (nSPS) is 26.0. The van der Waals surface area contributed by atoms with Gasteiger partial charge in [0.15, 0.2) is 17.6 Å². The summed E-state index contributed by atoms with van der Waals surface area (Å²) in [4.78, 5) is 11.6. The molecule has 2 heterocycles. The first kappa shape index (κ1) is 34.6. The van der Waals surface area contributed by atoms with Crippen molar-refractivity contribution in [1.82, 2.24) is 0 Å². The monoisotopic (exact) mass is 634 g/mol. The maximum Gasteiger partial charge on any atom is 0.335 e. The van der Waals surface area contributed by atoms with Gasteiger partial charge >= 0.3 is 5.97 Å². The van der Waals surface area contributed by atoms with E-state index in [0.29, 0.717) is 42.6 Å². The van der Waals surface area contributed by atoms with Gasteiger partial charge in [-0.3, -0.25) is 0 Å². The molecule has 1 fully saturated rings. The molecule has 1 saturated heterocycles. The third kappa shape index (κ3) is 8.50. The lowest BCUT2D eigenvalue weighted by Gasteiger charge is -2.38. The molecular weight excluding hydrogens is 588 g/mol. The minimum absolute atomic E-state index is 0.107. The Morgan fingerprint density at radius 2 is 1.44 bits per heavy atom. The summed E-state index contributed by atoms with van der Waals surface area (Å²) in [5, 5.41) is 51.4. The number of aliphatic hydroxyl groups is 4. The van der Waals surface area contributed by atoms with Crippen LogP contribution in [0.2, 0.25) is 0 Å². The van der Waals surface area contributed by atoms with Crippen LogP contribution in [0.5, 0.6) is 28.7 Å². The molecule has 45 heavy (non-hydrogen) atoms. The molecule has 12 heteroatoms. The van der Waals surface area contributed by atoms with E-state index in [1.165, 1.54) is 6.07 Å². The molecule has 4 rings (SSSR count). The van der Waals surface area contributed by atoms with Gasteiger partial charge in [0.05, 0.1) is 25.9 Å². The first-order valence-electron chi connectivity index (χ1n) is 15.8. The van der Waals surface area contributed by atoms with Gasteiger partial charge in [0, 0.05) is 24.1 Å². The fourth-order valence-corrected chi connectivity index (χ4v) is 5.11. The highest BCUT2D eigenvalue weighted by molar-refractivity contribution is 5.73. The number of carbonyl (C=O) groups is 1. The second kappa shape index (κ2) is 16.3. The van der Waals surface area contributed by atoms with E-state index < -0.39 is 48.9 Å². The Balaban J connectivity index is 1.61. The number of carboxylic acids is 1. The third-order valence-electron chi connectivity index (χ3n) is 7.79. The third-order valence-corrected chi connectivity index (χ3v) is 7.79. The Kier molecular flexibility index (Phi) is 12.5. The summed E-state index contributed by atoms with van der Waals surface area (Å²) in [6.07, 6.45) is -4.89. The van der Waals surface area contributed by atoms with Gasteiger partial charge in [-0.2, -0.15) is 0 Å². The minimum Gasteiger partial charge on any atom is -0.493 e. The molecule has 2 aromatic carbocycles. The van der Waals surface area contributed by atoms with E-state index in [0.717, 1.165) is 44.1 Å². The van der Waals surface area contributed by atoms with E-state index in [1.807, 2.05) is 19.1 Å². The molecule has 2 aliphatic heterocycles. The number of aliphatic hydroxyl groups excluding tert-OH is 4. The van der Waals surface area contributed by atoms with Crippen LogP contribution in [0.4, 0.5) is 0 Å². The van der Waals surface area contributed by atoms with Crippen molar-refractivity contribution in [3.63, 3.8) is 0 Å². The van der Waals surface area contributed by atoms with Gasteiger partial charge in [0.1, 0.15) is 41.7 Å². The van der Waals surface area contributed by atoms with Crippen molar-refractivity contribution in [2.75, 3.05) is 19.8 Å². The zero-order valence-corrected chi connectivity index (χ0v) is 26.1. The van der Waals surface area contributed by atoms with Crippen molar-refractivity contribution in [1.29, 1.82) is 0 Å². The number of carboxylic acid groups (broad SMARTS) is 1. The van der Waals surface area contributed by atoms with Crippen LogP contribution in [0, 0.1) is 0 Å². The Bertz CT molecular complexity index is 1250. The van der Waals surface area contributed by atoms with Crippen molar-refractivity contribution in [2.24, 2.45) is 0 Å². The maximum absolute atomic E-state index is 11.6. The lowest BCUT2D eigenvalue weighted by molar-refractivity contribution is -0.271. The molecule has 5 N–H and O–H groups in total. The van der Waals surface area contributed by atoms with Crippen molar-refractivity contribution in [3.8, 4) is 28.7 Å². The van der Waals surface area contributed by atoms with Crippen LogP contribution >= 0.6 is 0 Å². The Morgan fingerprint density at radius 3 is 2.09 bits per heavy atom. The predicted molar refractivity (Wildman–Crippen MR) is 162 cm³/mol. The number of benzene rings is 2. The first-order chi connectivity index (χ1) is 21.7. The van der Waals surface area contributed by atoms with Crippen LogP contribution in [0.25, 0.3) is 0 Å². The molecule has 0 radical (unpaired) electrons. The summed E-state index contributed by atoms with van der Waals surface area (Å²) in [7, 11) is 0. The smallest absolute Gasteiger partial charge is 0.335 e. The van der Waals surface area contributed by atoms with Crippen LogP contribution in [0.3, 0.4) is 0 Å². The summed E-state index contributed by atoms with van der Waals surface area (Å²) in [6, 6.07) is 8.51. The number of hydrogen-bond acceptors (Lipinski definition) is 11. The SMILES string of the molecule is CCCCOc1cc(OCCCC)c2c(c1)O[C@H](c1ccc(O[C@@H]3OC(C(=O)O)[C@@H](O)[C@H](O)C3O)c(OCCCC)c1)[C@@H](O)C2. The van der Waals surface area contributed by atoms with E-state index in [4.69, 9.17) is 28.4 Å². The van der Waals surface area contributed by atoms with Gasteiger partial charge in [-0.05, 0) is 37.0 Å². The van der Waals surface area contributed by atoms with Crippen molar-refractivity contribution in [3.05, 3.63) is 41.5 Å². The number of fused-ring (bicyclic) bond motifs is 1. The van der Waals surface area contributed by atoms with Gasteiger partial charge in [-0.1, -0.05) is 46.1 Å². The van der Waals surface area contributed by atoms with E-state index in [1.54, 1.807) is 12.1 Å². The van der Waals surface area contributed by atoms with Crippen molar-refractivity contribution >= 4 is 5.97 Å². The zero-order chi connectivity index (χ0) is 32.5. The van der Waals surface area contributed by atoms with Crippen LogP contribution in [-0.2, 0) is 16.0 Å². The average molecular weight is 635 g/mol. The quantitative estimate of drug-likeness (QED) is 0.170. The minimum atomic E-state index is -1.84. The van der Waals surface area contributed by atoms with Crippen LogP contribution in [0.15, 0.2) is 30.3 Å². The fraction of sp³-hybridized carbons (Fsp3) is 0.606. The van der Waals surface area contributed by atoms with Crippen molar-refractivity contribution in [2.45, 2.75) is 109 Å². The van der Waals surface area contributed by atoms with E-state index in [2.05, 4.69) is 13.8 Å². The number of ether oxygens (including phenoxy) is 6. The fourth-order valence-electron chi connectivity index (χ4n) is 5.11. The summed E-state index contributed by atoms with van der Waals surface area (Å²) < 4.78 is 35.5. The van der Waals surface area contributed by atoms with Gasteiger partial charge in [0.25, 0.3) is 0 Å². The molecule has 0 saturated carbocycles. The summed E-state index contributed by atoms with van der Waals surface area (Å²) >= 11 is 0. The van der Waals surface area contributed by atoms with Gasteiger partial charge in [-0.15, -0.1) is 0 Å². The topological polar surface area (TPSA) is 174 Å². The Morgan fingerprint density at radius 1 is 0.800 bits per heavy atom. The molecule has 2 aliphatic rings. The number of unbranched alkanes of at least 4 members (excludes halogenated alkanes) is 3. The second-order valence-corrected chi connectivity index (χ2v) is 11.4. The summed E-state index contributed by atoms with van der Waals surface area (Å²) in [6.45, 7) is 7.60. The molecule has 7 atom stereocenters. The molecule has 250 valence electrons. The van der Waals surface area contributed by atoms with Gasteiger partial charge < -0.3 is 54.0 Å². The summed E-state index contributed by atoms with van der Waals surface area (Å²) in [5.41, 5.74) is 1.34. The highest BCUT2D eigenvalue weighted by Crippen LogP contribution is 2.44. The molecule has 12 nitrogen and oxygen atoms in total. The first-order valence-corrected chi connectivity index (χ1v) is 15.8. The van der Waals surface area contributed by atoms with E-state index in [9.17, 15) is 30.3 Å². The average Bonchev–Trinajstić information content (AvgIpc) is 3.02. The summed E-state index contributed by atoms with van der Waals surface area (Å²) in [5.74, 6) is 0.620. The predicted octanol–water partition coefficient (Wildman–Crippen LogP) is 3.53. The maximum atomic E-state index is 11.6. The van der Waals surface area contributed by atoms with E-state index in [-0.39, 0.29) is 17.9 Å². The number of hydrogen-bond donors (Lipinski definition) is 5. The largest absolute Gasteiger partial charge is 0.493 e. The Hall–Kier alpha value is -3.29. The number of aliphatic carboxylic acids is 1. The lowest BCUT2D eigenvalue weighted by atomic mass is 9.93. The molecule has 0 aromatic heterocycles. The van der Waals surface area contributed by atoms with Crippen LogP contribution in [-0.4, -0.2) is 88.1 Å². The highest BCUT2D eigenvalue weighted by atomic mass is 16.7.